The average molecular weight is 203 g/mol. The quantitative estimate of drug-likeness (QED) is 0.688. The lowest BCUT2D eigenvalue weighted by molar-refractivity contribution is -0.121. The number of aryl methyl sites for hydroxylation is 1. The molecule has 0 saturated carbocycles. The third-order valence-electron chi connectivity index (χ3n) is 2.65. The molecule has 0 unspecified atom stereocenters. The summed E-state index contributed by atoms with van der Waals surface area (Å²) < 4.78 is 0. The van der Waals surface area contributed by atoms with Crippen molar-refractivity contribution < 1.29 is 9.59 Å². The fourth-order valence-corrected chi connectivity index (χ4v) is 1.75. The van der Waals surface area contributed by atoms with Crippen LogP contribution in [0.2, 0.25) is 0 Å². The monoisotopic (exact) mass is 203 g/mol. The van der Waals surface area contributed by atoms with E-state index >= 15 is 0 Å². The Morgan fingerprint density at radius 3 is 2.07 bits per heavy atom. The van der Waals surface area contributed by atoms with Gasteiger partial charge in [0.15, 0.2) is 0 Å². The predicted octanol–water partition coefficient (Wildman–Crippen LogP) is 1.90. The van der Waals surface area contributed by atoms with Gasteiger partial charge in [0.1, 0.15) is 0 Å². The van der Waals surface area contributed by atoms with Crippen LogP contribution in [0.15, 0.2) is 24.3 Å². The Balaban J connectivity index is 2.29. The Morgan fingerprint density at radius 1 is 1.07 bits per heavy atom. The molecule has 1 aromatic carbocycles. The van der Waals surface area contributed by atoms with Crippen molar-refractivity contribution in [2.45, 2.75) is 26.2 Å². The number of carbonyl (C=O) groups is 2. The molecule has 0 aromatic heterocycles. The van der Waals surface area contributed by atoms with Crippen LogP contribution >= 0.6 is 0 Å². The van der Waals surface area contributed by atoms with Crippen molar-refractivity contribution in [3.63, 3.8) is 0 Å². The van der Waals surface area contributed by atoms with E-state index in [2.05, 4.69) is 6.92 Å². The van der Waals surface area contributed by atoms with E-state index in [-0.39, 0.29) is 11.8 Å². The van der Waals surface area contributed by atoms with Gasteiger partial charge in [-0.2, -0.15) is 0 Å². The molecule has 15 heavy (non-hydrogen) atoms. The number of anilines is 1. The van der Waals surface area contributed by atoms with Crippen LogP contribution in [0, 0.1) is 0 Å². The Hall–Kier alpha value is -1.64. The fraction of sp³-hybridized carbons (Fsp3) is 0.333. The van der Waals surface area contributed by atoms with Gasteiger partial charge in [-0.05, 0) is 24.1 Å². The van der Waals surface area contributed by atoms with Crippen molar-refractivity contribution in [2.24, 2.45) is 0 Å². The second-order valence-corrected chi connectivity index (χ2v) is 3.64. The van der Waals surface area contributed by atoms with E-state index in [4.69, 9.17) is 0 Å². The van der Waals surface area contributed by atoms with Gasteiger partial charge in [0.2, 0.25) is 11.8 Å². The number of hydrogen-bond donors (Lipinski definition) is 0. The summed E-state index contributed by atoms with van der Waals surface area (Å²) in [7, 11) is 0. The minimum atomic E-state index is -0.0933. The molecule has 0 spiro atoms. The van der Waals surface area contributed by atoms with Crippen molar-refractivity contribution in [2.75, 3.05) is 4.90 Å². The van der Waals surface area contributed by atoms with Crippen LogP contribution in [0.1, 0.15) is 25.3 Å². The van der Waals surface area contributed by atoms with E-state index in [0.29, 0.717) is 18.5 Å². The molecule has 1 saturated heterocycles. The molecule has 2 rings (SSSR count). The molecule has 78 valence electrons. The zero-order valence-electron chi connectivity index (χ0n) is 8.69. The van der Waals surface area contributed by atoms with E-state index < -0.39 is 0 Å². The summed E-state index contributed by atoms with van der Waals surface area (Å²) in [5, 5.41) is 0. The summed E-state index contributed by atoms with van der Waals surface area (Å²) in [4.78, 5) is 24.2. The lowest BCUT2D eigenvalue weighted by atomic mass is 10.1. The molecule has 0 radical (unpaired) electrons. The molecule has 0 N–H and O–H groups in total. The largest absolute Gasteiger partial charge is 0.274 e. The van der Waals surface area contributed by atoms with E-state index in [1.807, 2.05) is 24.3 Å². The Bertz CT molecular complexity index is 379. The number of rotatable bonds is 2. The first-order valence-corrected chi connectivity index (χ1v) is 5.17. The summed E-state index contributed by atoms with van der Waals surface area (Å²) in [6, 6.07) is 7.57. The van der Waals surface area contributed by atoms with Gasteiger partial charge in [-0.25, -0.2) is 0 Å². The first-order chi connectivity index (χ1) is 7.22. The molecule has 3 nitrogen and oxygen atoms in total. The molecule has 1 aliphatic rings. The van der Waals surface area contributed by atoms with Crippen LogP contribution in [-0.4, -0.2) is 11.8 Å². The number of nitrogens with zero attached hydrogens (tertiary/aromatic N) is 1. The lowest BCUT2D eigenvalue weighted by Gasteiger charge is -2.13. The first kappa shape index (κ1) is 9.90. The summed E-state index contributed by atoms with van der Waals surface area (Å²) >= 11 is 0. The normalized spacial score (nSPS) is 16.2. The molecule has 0 aliphatic carbocycles. The smallest absolute Gasteiger partial charge is 0.234 e. The van der Waals surface area contributed by atoms with Crippen molar-refractivity contribution in [3.8, 4) is 0 Å². The van der Waals surface area contributed by atoms with Crippen molar-refractivity contribution >= 4 is 17.5 Å². The predicted molar refractivity (Wildman–Crippen MR) is 57.5 cm³/mol. The van der Waals surface area contributed by atoms with Crippen LogP contribution in [0.4, 0.5) is 5.69 Å². The third-order valence-corrected chi connectivity index (χ3v) is 2.65. The van der Waals surface area contributed by atoms with Crippen molar-refractivity contribution in [1.82, 2.24) is 0 Å². The van der Waals surface area contributed by atoms with Gasteiger partial charge < -0.3 is 0 Å². The zero-order valence-corrected chi connectivity index (χ0v) is 8.69. The highest BCUT2D eigenvalue weighted by Crippen LogP contribution is 2.22. The SMILES string of the molecule is CCc1ccc(N2C(=O)CCC2=O)cc1. The van der Waals surface area contributed by atoms with Gasteiger partial charge >= 0.3 is 0 Å². The van der Waals surface area contributed by atoms with Gasteiger partial charge in [0, 0.05) is 12.8 Å². The number of hydrogen-bond acceptors (Lipinski definition) is 2. The van der Waals surface area contributed by atoms with Gasteiger partial charge in [0.05, 0.1) is 5.69 Å². The highest BCUT2D eigenvalue weighted by molar-refractivity contribution is 6.19. The molecule has 1 fully saturated rings. The Kier molecular flexibility index (Phi) is 2.54. The van der Waals surface area contributed by atoms with Gasteiger partial charge in [0.25, 0.3) is 0 Å². The molecular weight excluding hydrogens is 190 g/mol. The number of benzene rings is 1. The van der Waals surface area contributed by atoms with E-state index in [0.717, 1.165) is 6.42 Å². The maximum Gasteiger partial charge on any atom is 0.234 e. The minimum Gasteiger partial charge on any atom is -0.274 e. The standard InChI is InChI=1S/C12H13NO2/c1-2-9-3-5-10(6-4-9)13-11(14)7-8-12(13)15/h3-6H,2,7-8H2,1H3. The van der Waals surface area contributed by atoms with Crippen LogP contribution in [0.25, 0.3) is 0 Å². The summed E-state index contributed by atoms with van der Waals surface area (Å²) in [5.41, 5.74) is 1.90. The summed E-state index contributed by atoms with van der Waals surface area (Å²) in [6.45, 7) is 2.07. The molecule has 1 heterocycles. The minimum absolute atomic E-state index is 0.0933. The van der Waals surface area contributed by atoms with Crippen LogP contribution < -0.4 is 4.90 Å². The second kappa shape index (κ2) is 3.85. The van der Waals surface area contributed by atoms with E-state index in [1.54, 1.807) is 0 Å². The molecule has 1 aromatic rings. The molecule has 2 amide bonds. The van der Waals surface area contributed by atoms with Crippen LogP contribution in [0.3, 0.4) is 0 Å². The highest BCUT2D eigenvalue weighted by atomic mass is 16.2. The summed E-state index contributed by atoms with van der Waals surface area (Å²) in [6.07, 6.45) is 1.64. The van der Waals surface area contributed by atoms with Crippen LogP contribution in [-0.2, 0) is 16.0 Å². The van der Waals surface area contributed by atoms with Gasteiger partial charge in [-0.1, -0.05) is 19.1 Å². The Morgan fingerprint density at radius 2 is 1.60 bits per heavy atom. The Labute approximate surface area is 88.7 Å². The maximum atomic E-state index is 11.4. The van der Waals surface area contributed by atoms with Gasteiger partial charge in [-0.3, -0.25) is 14.5 Å². The molecule has 1 aliphatic heterocycles. The lowest BCUT2D eigenvalue weighted by Crippen LogP contribution is -2.28. The first-order valence-electron chi connectivity index (χ1n) is 5.17. The number of amides is 2. The highest BCUT2D eigenvalue weighted by Gasteiger charge is 2.29. The average Bonchev–Trinajstić information content (AvgIpc) is 2.59. The molecular formula is C12H13NO2. The molecule has 0 atom stereocenters. The summed E-state index contributed by atoms with van der Waals surface area (Å²) in [5.74, 6) is -0.187. The fourth-order valence-electron chi connectivity index (χ4n) is 1.75. The molecule has 0 bridgehead atoms. The molecule has 3 heteroatoms. The number of imide groups is 1. The third kappa shape index (κ3) is 1.77. The second-order valence-electron chi connectivity index (χ2n) is 3.64. The van der Waals surface area contributed by atoms with Crippen LogP contribution in [0.5, 0.6) is 0 Å². The topological polar surface area (TPSA) is 37.4 Å². The van der Waals surface area contributed by atoms with Crippen molar-refractivity contribution in [3.05, 3.63) is 29.8 Å². The van der Waals surface area contributed by atoms with E-state index in [9.17, 15) is 9.59 Å². The number of carbonyl (C=O) groups excluding carboxylic acids is 2. The van der Waals surface area contributed by atoms with Crippen molar-refractivity contribution in [1.29, 1.82) is 0 Å². The van der Waals surface area contributed by atoms with Gasteiger partial charge in [-0.15, -0.1) is 0 Å². The zero-order chi connectivity index (χ0) is 10.8. The maximum absolute atomic E-state index is 11.4. The van der Waals surface area contributed by atoms with E-state index in [1.165, 1.54) is 10.5 Å².